The summed E-state index contributed by atoms with van der Waals surface area (Å²) in [5.74, 6) is 0.709. The lowest BCUT2D eigenvalue weighted by Gasteiger charge is -2.08. The van der Waals surface area contributed by atoms with Crippen LogP contribution in [0.15, 0.2) is 47.4 Å². The van der Waals surface area contributed by atoms with E-state index in [4.69, 9.17) is 0 Å². The fourth-order valence-electron chi connectivity index (χ4n) is 2.00. The lowest BCUT2D eigenvalue weighted by atomic mass is 10.1. The van der Waals surface area contributed by atoms with Crippen LogP contribution in [-0.4, -0.2) is 6.54 Å². The van der Waals surface area contributed by atoms with Crippen molar-refractivity contribution >= 4 is 11.8 Å². The molecule has 0 spiro atoms. The number of halogens is 1. The first-order chi connectivity index (χ1) is 9.69. The summed E-state index contributed by atoms with van der Waals surface area (Å²) in [7, 11) is 0. The molecule has 0 aliphatic rings. The Labute approximate surface area is 124 Å². The van der Waals surface area contributed by atoms with E-state index in [1.54, 1.807) is 17.8 Å². The van der Waals surface area contributed by atoms with Gasteiger partial charge in [0.15, 0.2) is 0 Å². The van der Waals surface area contributed by atoms with Gasteiger partial charge in [0.1, 0.15) is 5.82 Å². The molecule has 0 aromatic heterocycles. The van der Waals surface area contributed by atoms with Gasteiger partial charge in [-0.15, -0.1) is 11.8 Å². The third-order valence-electron chi connectivity index (χ3n) is 3.18. The van der Waals surface area contributed by atoms with E-state index in [-0.39, 0.29) is 5.82 Å². The van der Waals surface area contributed by atoms with Gasteiger partial charge in [-0.2, -0.15) is 0 Å². The summed E-state index contributed by atoms with van der Waals surface area (Å²) in [5.41, 5.74) is 3.50. The van der Waals surface area contributed by atoms with Gasteiger partial charge in [0, 0.05) is 17.2 Å². The van der Waals surface area contributed by atoms with Gasteiger partial charge in [0.2, 0.25) is 0 Å². The van der Waals surface area contributed by atoms with E-state index >= 15 is 0 Å². The van der Waals surface area contributed by atoms with Crippen molar-refractivity contribution in [3.8, 4) is 0 Å². The van der Waals surface area contributed by atoms with Gasteiger partial charge >= 0.3 is 0 Å². The van der Waals surface area contributed by atoms with E-state index in [1.807, 2.05) is 13.0 Å². The largest absolute Gasteiger partial charge is 0.313 e. The number of thioether (sulfide) groups is 1. The minimum Gasteiger partial charge on any atom is -0.313 e. The molecule has 2 aromatic rings. The van der Waals surface area contributed by atoms with Crippen molar-refractivity contribution in [3.05, 3.63) is 65.0 Å². The first kappa shape index (κ1) is 15.1. The molecule has 106 valence electrons. The van der Waals surface area contributed by atoms with Gasteiger partial charge in [-0.25, -0.2) is 4.39 Å². The molecule has 1 nitrogen and oxygen atoms in total. The normalized spacial score (nSPS) is 10.8. The Hall–Kier alpha value is -1.32. The molecule has 1 N–H and O–H groups in total. The Morgan fingerprint density at radius 2 is 2.00 bits per heavy atom. The van der Waals surface area contributed by atoms with E-state index in [2.05, 4.69) is 36.5 Å². The summed E-state index contributed by atoms with van der Waals surface area (Å²) < 4.78 is 13.1. The van der Waals surface area contributed by atoms with Crippen molar-refractivity contribution in [2.24, 2.45) is 0 Å². The van der Waals surface area contributed by atoms with Crippen molar-refractivity contribution in [3.63, 3.8) is 0 Å². The Balaban J connectivity index is 1.99. The lowest BCUT2D eigenvalue weighted by molar-refractivity contribution is 0.626. The van der Waals surface area contributed by atoms with Gasteiger partial charge in [0.25, 0.3) is 0 Å². The van der Waals surface area contributed by atoms with Crippen LogP contribution >= 0.6 is 11.8 Å². The van der Waals surface area contributed by atoms with Crippen molar-refractivity contribution in [1.29, 1.82) is 0 Å². The monoisotopic (exact) mass is 289 g/mol. The van der Waals surface area contributed by atoms with E-state index in [9.17, 15) is 4.39 Å². The fraction of sp³-hybridized carbons (Fsp3) is 0.294. The zero-order valence-electron chi connectivity index (χ0n) is 11.9. The molecule has 0 atom stereocenters. The molecule has 0 fully saturated rings. The van der Waals surface area contributed by atoms with Crippen LogP contribution in [0.2, 0.25) is 0 Å². The molecular formula is C17H20FNS. The first-order valence-electron chi connectivity index (χ1n) is 6.86. The molecule has 2 rings (SSSR count). The summed E-state index contributed by atoms with van der Waals surface area (Å²) in [4.78, 5) is 1.25. The third-order valence-corrected chi connectivity index (χ3v) is 4.22. The van der Waals surface area contributed by atoms with Crippen molar-refractivity contribution < 1.29 is 4.39 Å². The molecule has 3 heteroatoms. The van der Waals surface area contributed by atoms with Crippen LogP contribution in [0.1, 0.15) is 23.6 Å². The van der Waals surface area contributed by atoms with Gasteiger partial charge in [-0.05, 0) is 54.4 Å². The molecule has 20 heavy (non-hydrogen) atoms. The topological polar surface area (TPSA) is 12.0 Å². The Morgan fingerprint density at radius 1 is 1.15 bits per heavy atom. The maximum Gasteiger partial charge on any atom is 0.123 e. The number of benzene rings is 2. The quantitative estimate of drug-likeness (QED) is 0.784. The second-order valence-corrected chi connectivity index (χ2v) is 5.84. The smallest absolute Gasteiger partial charge is 0.123 e. The number of aryl methyl sites for hydroxylation is 1. The maximum absolute atomic E-state index is 13.1. The Morgan fingerprint density at radius 3 is 2.75 bits per heavy atom. The molecule has 0 saturated heterocycles. The maximum atomic E-state index is 13.1. The van der Waals surface area contributed by atoms with Crippen molar-refractivity contribution in [2.75, 3.05) is 6.54 Å². The van der Waals surface area contributed by atoms with Gasteiger partial charge in [-0.1, -0.05) is 25.1 Å². The molecule has 0 radical (unpaired) electrons. The predicted octanol–water partition coefficient (Wildman–Crippen LogP) is 4.54. The molecule has 0 saturated carbocycles. The third kappa shape index (κ3) is 4.36. The summed E-state index contributed by atoms with van der Waals surface area (Å²) in [5, 5.41) is 3.33. The summed E-state index contributed by atoms with van der Waals surface area (Å²) in [6.45, 7) is 5.95. The fourth-order valence-corrected chi connectivity index (χ4v) is 3.05. The molecule has 0 aliphatic carbocycles. The minimum absolute atomic E-state index is 0.163. The highest BCUT2D eigenvalue weighted by atomic mass is 32.2. The predicted molar refractivity (Wildman–Crippen MR) is 84.5 cm³/mol. The molecular weight excluding hydrogens is 269 g/mol. The van der Waals surface area contributed by atoms with Crippen LogP contribution in [0.3, 0.4) is 0 Å². The number of hydrogen-bond donors (Lipinski definition) is 1. The number of rotatable bonds is 6. The molecule has 0 unspecified atom stereocenters. The Kier molecular flexibility index (Phi) is 5.62. The van der Waals surface area contributed by atoms with E-state index in [0.29, 0.717) is 0 Å². The molecule has 0 bridgehead atoms. The lowest BCUT2D eigenvalue weighted by Crippen LogP contribution is -2.11. The summed E-state index contributed by atoms with van der Waals surface area (Å²) >= 11 is 1.79. The molecule has 2 aromatic carbocycles. The van der Waals surface area contributed by atoms with Crippen LogP contribution in [-0.2, 0) is 12.3 Å². The van der Waals surface area contributed by atoms with Crippen LogP contribution in [0.5, 0.6) is 0 Å². The number of hydrogen-bond acceptors (Lipinski definition) is 2. The summed E-state index contributed by atoms with van der Waals surface area (Å²) in [6.07, 6.45) is 0. The Bertz CT molecular complexity index is 569. The SMILES string of the molecule is CCNCc1cccc(SCc2ccc(F)cc2C)c1. The van der Waals surface area contributed by atoms with Crippen molar-refractivity contribution in [1.82, 2.24) is 5.32 Å². The minimum atomic E-state index is -0.163. The first-order valence-corrected chi connectivity index (χ1v) is 7.85. The second-order valence-electron chi connectivity index (χ2n) is 4.79. The van der Waals surface area contributed by atoms with Gasteiger partial charge in [0.05, 0.1) is 0 Å². The average Bonchev–Trinajstić information content (AvgIpc) is 2.45. The molecule has 0 heterocycles. The van der Waals surface area contributed by atoms with E-state index in [0.717, 1.165) is 24.4 Å². The zero-order valence-corrected chi connectivity index (χ0v) is 12.8. The standard InChI is InChI=1S/C17H20FNS/c1-3-19-11-14-5-4-6-17(10-14)20-12-15-7-8-16(18)9-13(15)2/h4-10,19H,3,11-12H2,1-2H3. The van der Waals surface area contributed by atoms with Gasteiger partial charge in [-0.3, -0.25) is 0 Å². The average molecular weight is 289 g/mol. The van der Waals surface area contributed by atoms with Crippen LogP contribution in [0.4, 0.5) is 4.39 Å². The highest BCUT2D eigenvalue weighted by Crippen LogP contribution is 2.25. The number of nitrogens with one attached hydrogen (secondary N) is 1. The van der Waals surface area contributed by atoms with Crippen LogP contribution in [0, 0.1) is 12.7 Å². The highest BCUT2D eigenvalue weighted by Gasteiger charge is 2.02. The van der Waals surface area contributed by atoms with Crippen molar-refractivity contribution in [2.45, 2.75) is 31.0 Å². The molecule has 0 amide bonds. The van der Waals surface area contributed by atoms with E-state index in [1.165, 1.54) is 22.1 Å². The van der Waals surface area contributed by atoms with Crippen LogP contribution in [0.25, 0.3) is 0 Å². The molecule has 0 aliphatic heterocycles. The summed E-state index contributed by atoms with van der Waals surface area (Å²) in [6, 6.07) is 13.6. The van der Waals surface area contributed by atoms with Gasteiger partial charge < -0.3 is 5.32 Å². The second kappa shape index (κ2) is 7.46. The zero-order chi connectivity index (χ0) is 14.4. The highest BCUT2D eigenvalue weighted by molar-refractivity contribution is 7.98. The van der Waals surface area contributed by atoms with Crippen LogP contribution < -0.4 is 5.32 Å². The van der Waals surface area contributed by atoms with E-state index < -0.39 is 0 Å².